The van der Waals surface area contributed by atoms with E-state index in [2.05, 4.69) is 10.3 Å². The molecule has 1 aromatic rings. The first kappa shape index (κ1) is 20.8. The molecule has 0 spiro atoms. The molecule has 2 aliphatic heterocycles. The van der Waals surface area contributed by atoms with E-state index in [1.54, 1.807) is 31.1 Å². The Morgan fingerprint density at radius 3 is 2.46 bits per heavy atom. The van der Waals surface area contributed by atoms with E-state index >= 15 is 0 Å². The Balaban J connectivity index is 1.44. The summed E-state index contributed by atoms with van der Waals surface area (Å²) in [4.78, 5) is 32.0. The van der Waals surface area contributed by atoms with E-state index in [9.17, 15) is 18.0 Å². The van der Waals surface area contributed by atoms with Crippen molar-refractivity contribution in [2.45, 2.75) is 38.5 Å². The van der Waals surface area contributed by atoms with Crippen LogP contribution in [-0.4, -0.2) is 80.5 Å². The fourth-order valence-corrected chi connectivity index (χ4v) is 4.22. The Hall–Kier alpha value is -1.92. The molecule has 2 fully saturated rings. The number of carbonyl (C=O) groups is 2. The van der Waals surface area contributed by atoms with Crippen molar-refractivity contribution in [2.24, 2.45) is 0 Å². The van der Waals surface area contributed by atoms with Crippen LogP contribution >= 0.6 is 11.3 Å². The van der Waals surface area contributed by atoms with Crippen LogP contribution in [0.3, 0.4) is 0 Å². The van der Waals surface area contributed by atoms with Crippen LogP contribution in [-0.2, 0) is 19.0 Å². The van der Waals surface area contributed by atoms with Crippen LogP contribution in [0.1, 0.15) is 31.3 Å². The summed E-state index contributed by atoms with van der Waals surface area (Å²) in [7, 11) is -3.47. The van der Waals surface area contributed by atoms with Gasteiger partial charge in [0, 0.05) is 31.6 Å². The minimum Gasteiger partial charge on any atom is -0.444 e. The van der Waals surface area contributed by atoms with Gasteiger partial charge in [0.2, 0.25) is 0 Å². The maximum absolute atomic E-state index is 12.5. The van der Waals surface area contributed by atoms with Crippen molar-refractivity contribution in [1.29, 1.82) is 0 Å². The van der Waals surface area contributed by atoms with E-state index in [-0.39, 0.29) is 18.1 Å². The van der Waals surface area contributed by atoms with Crippen molar-refractivity contribution < 1.29 is 26.9 Å². The third-order valence-corrected chi connectivity index (χ3v) is 5.55. The molecule has 0 aliphatic carbocycles. The summed E-state index contributed by atoms with van der Waals surface area (Å²) in [6, 6.07) is -0.138. The molecule has 2 saturated heterocycles. The summed E-state index contributed by atoms with van der Waals surface area (Å²) in [5, 5.41) is 5.06. The fourth-order valence-electron chi connectivity index (χ4n) is 2.78. The fraction of sp³-hybridized carbons (Fsp3) is 0.688. The second kappa shape index (κ2) is 7.48. The number of ether oxygens (including phenoxy) is 1. The van der Waals surface area contributed by atoms with Crippen molar-refractivity contribution in [2.75, 3.05) is 37.3 Å². The van der Waals surface area contributed by atoms with E-state index in [1.807, 2.05) is 4.90 Å². The number of hydrogen-bond acceptors (Lipinski definition) is 9. The smallest absolute Gasteiger partial charge is 0.407 e. The van der Waals surface area contributed by atoms with Gasteiger partial charge in [0.05, 0.1) is 12.3 Å². The molecule has 1 aromatic heterocycles. The quantitative estimate of drug-likeness (QED) is 0.674. The maximum Gasteiger partial charge on any atom is 0.407 e. The highest BCUT2D eigenvalue weighted by atomic mass is 32.2. The molecular formula is C16H24N4O6S2. The standard InChI is InChI=1S/C16H24N4O6S2/c1-16(2,3)25-15(22)17-10-5-19(6-10)13(21)12-9-27-14(18-12)20-7-11(8-20)26-28(4,23)24/h9-11H,5-8H2,1-4H3,(H,17,22). The van der Waals surface area contributed by atoms with Crippen molar-refractivity contribution in [3.8, 4) is 0 Å². The normalized spacial score (nSPS) is 18.4. The van der Waals surface area contributed by atoms with Gasteiger partial charge in [0.1, 0.15) is 17.4 Å². The number of thiazole rings is 1. The zero-order valence-corrected chi connectivity index (χ0v) is 17.8. The van der Waals surface area contributed by atoms with Crippen LogP contribution in [0.15, 0.2) is 5.38 Å². The largest absolute Gasteiger partial charge is 0.444 e. The lowest BCUT2D eigenvalue weighted by molar-refractivity contribution is 0.0357. The van der Waals surface area contributed by atoms with E-state index in [0.717, 1.165) is 6.26 Å². The zero-order chi connectivity index (χ0) is 20.7. The van der Waals surface area contributed by atoms with Crippen molar-refractivity contribution in [3.63, 3.8) is 0 Å². The summed E-state index contributed by atoms with van der Waals surface area (Å²) in [5.74, 6) is -0.200. The summed E-state index contributed by atoms with van der Waals surface area (Å²) < 4.78 is 32.3. The van der Waals surface area contributed by atoms with Crippen LogP contribution in [0.25, 0.3) is 0 Å². The Labute approximate surface area is 167 Å². The number of likely N-dealkylation sites (tertiary alicyclic amines) is 1. The van der Waals surface area contributed by atoms with Crippen molar-refractivity contribution in [1.82, 2.24) is 15.2 Å². The number of nitrogens with zero attached hydrogens (tertiary/aromatic N) is 3. The Morgan fingerprint density at radius 2 is 1.89 bits per heavy atom. The van der Waals surface area contributed by atoms with Crippen LogP contribution in [0, 0.1) is 0 Å². The third kappa shape index (κ3) is 5.32. The number of rotatable bonds is 5. The van der Waals surface area contributed by atoms with Crippen LogP contribution in [0.5, 0.6) is 0 Å². The Bertz CT molecular complexity index is 851. The second-order valence-corrected chi connectivity index (χ2v) is 10.3. The van der Waals surface area contributed by atoms with Crippen molar-refractivity contribution >= 4 is 38.6 Å². The van der Waals surface area contributed by atoms with Gasteiger partial charge >= 0.3 is 6.09 Å². The van der Waals surface area contributed by atoms with E-state index in [1.165, 1.54) is 11.3 Å². The summed E-state index contributed by atoms with van der Waals surface area (Å²) in [6.07, 6.45) is 0.144. The van der Waals surface area contributed by atoms with Gasteiger partial charge in [-0.05, 0) is 20.8 Å². The molecule has 2 aliphatic rings. The molecular weight excluding hydrogens is 408 g/mol. The molecule has 0 atom stereocenters. The molecule has 10 nitrogen and oxygen atoms in total. The number of amides is 2. The number of hydrogen-bond donors (Lipinski definition) is 1. The number of alkyl carbamates (subject to hydrolysis) is 1. The molecule has 3 heterocycles. The van der Waals surface area contributed by atoms with Gasteiger partial charge in [0.15, 0.2) is 5.13 Å². The Kier molecular flexibility index (Phi) is 5.56. The lowest BCUT2D eigenvalue weighted by Gasteiger charge is -2.39. The minimum atomic E-state index is -3.47. The van der Waals surface area contributed by atoms with Gasteiger partial charge in [-0.1, -0.05) is 0 Å². The monoisotopic (exact) mass is 432 g/mol. The molecule has 0 saturated carbocycles. The predicted octanol–water partition coefficient (Wildman–Crippen LogP) is 0.657. The van der Waals surface area contributed by atoms with Crippen LogP contribution < -0.4 is 10.2 Å². The molecule has 3 rings (SSSR count). The maximum atomic E-state index is 12.5. The summed E-state index contributed by atoms with van der Waals surface area (Å²) in [6.45, 7) is 7.00. The average Bonchev–Trinajstić information content (AvgIpc) is 2.91. The van der Waals surface area contributed by atoms with E-state index in [4.69, 9.17) is 8.92 Å². The van der Waals surface area contributed by atoms with Crippen LogP contribution in [0.4, 0.5) is 9.93 Å². The predicted molar refractivity (Wildman–Crippen MR) is 103 cm³/mol. The minimum absolute atomic E-state index is 0.138. The summed E-state index contributed by atoms with van der Waals surface area (Å²) >= 11 is 1.32. The lowest BCUT2D eigenvalue weighted by Crippen LogP contribution is -2.61. The van der Waals surface area contributed by atoms with Gasteiger partial charge in [0.25, 0.3) is 16.0 Å². The molecule has 1 N–H and O–H groups in total. The molecule has 2 amide bonds. The molecule has 0 radical (unpaired) electrons. The molecule has 12 heteroatoms. The molecule has 0 unspecified atom stereocenters. The highest BCUT2D eigenvalue weighted by Gasteiger charge is 2.36. The zero-order valence-electron chi connectivity index (χ0n) is 16.2. The Morgan fingerprint density at radius 1 is 1.25 bits per heavy atom. The van der Waals surface area contributed by atoms with E-state index < -0.39 is 21.8 Å². The molecule has 156 valence electrons. The topological polar surface area (TPSA) is 118 Å². The highest BCUT2D eigenvalue weighted by molar-refractivity contribution is 7.86. The SMILES string of the molecule is CC(C)(C)OC(=O)NC1CN(C(=O)c2csc(N3CC(OS(C)(=O)=O)C3)n2)C1. The van der Waals surface area contributed by atoms with Crippen LogP contribution in [0.2, 0.25) is 0 Å². The molecule has 28 heavy (non-hydrogen) atoms. The van der Waals surface area contributed by atoms with Gasteiger partial charge < -0.3 is 19.9 Å². The average molecular weight is 433 g/mol. The highest BCUT2D eigenvalue weighted by Crippen LogP contribution is 2.28. The number of anilines is 1. The van der Waals surface area contributed by atoms with Gasteiger partial charge in [-0.2, -0.15) is 8.42 Å². The molecule has 0 bridgehead atoms. The molecule has 0 aromatic carbocycles. The van der Waals surface area contributed by atoms with Gasteiger partial charge in [-0.3, -0.25) is 8.98 Å². The number of nitrogens with one attached hydrogen (secondary N) is 1. The first-order valence-corrected chi connectivity index (χ1v) is 11.5. The van der Waals surface area contributed by atoms with Crippen molar-refractivity contribution in [3.05, 3.63) is 11.1 Å². The first-order valence-electron chi connectivity index (χ1n) is 8.77. The van der Waals surface area contributed by atoms with E-state index in [0.29, 0.717) is 37.0 Å². The second-order valence-electron chi connectivity index (χ2n) is 7.90. The summed E-state index contributed by atoms with van der Waals surface area (Å²) in [5.41, 5.74) is -0.231. The number of carbonyl (C=O) groups excluding carboxylic acids is 2. The van der Waals surface area contributed by atoms with Gasteiger partial charge in [-0.15, -0.1) is 11.3 Å². The van der Waals surface area contributed by atoms with Gasteiger partial charge in [-0.25, -0.2) is 9.78 Å². The first-order chi connectivity index (χ1) is 12.9. The third-order valence-electron chi connectivity index (χ3n) is 4.03. The number of aromatic nitrogens is 1. The lowest BCUT2D eigenvalue weighted by atomic mass is 10.1.